The number of hydrogen-bond donors (Lipinski definition) is 1. The second-order valence-electron chi connectivity index (χ2n) is 5.68. The molecule has 0 amide bonds. The normalized spacial score (nSPS) is 18.4. The van der Waals surface area contributed by atoms with E-state index in [4.69, 9.17) is 4.98 Å². The minimum atomic E-state index is 0.544. The first-order valence-electron chi connectivity index (χ1n) is 7.36. The summed E-state index contributed by atoms with van der Waals surface area (Å²) in [6, 6.07) is 11.1. The summed E-state index contributed by atoms with van der Waals surface area (Å²) in [5, 5.41) is 3.51. The lowest BCUT2D eigenvalue weighted by Gasteiger charge is -2.11. The molecule has 1 aliphatic heterocycles. The van der Waals surface area contributed by atoms with Crippen LogP contribution in [0.1, 0.15) is 29.9 Å². The molecule has 2 aromatic rings. The molecule has 1 N–H and O–H groups in total. The molecular weight excluding hydrogens is 246 g/mol. The number of aromatic nitrogens is 2. The zero-order chi connectivity index (χ0) is 13.9. The van der Waals surface area contributed by atoms with E-state index in [0.717, 1.165) is 30.2 Å². The van der Waals surface area contributed by atoms with E-state index in [0.29, 0.717) is 6.04 Å². The van der Waals surface area contributed by atoms with E-state index in [1.165, 1.54) is 24.0 Å². The van der Waals surface area contributed by atoms with Gasteiger partial charge in [-0.3, -0.25) is 0 Å². The Morgan fingerprint density at radius 3 is 2.85 bits per heavy atom. The van der Waals surface area contributed by atoms with E-state index >= 15 is 0 Å². The minimum absolute atomic E-state index is 0.544. The van der Waals surface area contributed by atoms with Crippen molar-refractivity contribution in [2.45, 2.75) is 39.2 Å². The molecule has 1 fully saturated rings. The van der Waals surface area contributed by atoms with Gasteiger partial charge in [0.25, 0.3) is 0 Å². The van der Waals surface area contributed by atoms with Crippen molar-refractivity contribution in [3.63, 3.8) is 0 Å². The highest BCUT2D eigenvalue weighted by Gasteiger charge is 2.16. The summed E-state index contributed by atoms with van der Waals surface area (Å²) < 4.78 is 0. The van der Waals surface area contributed by atoms with Gasteiger partial charge in [-0.15, -0.1) is 0 Å². The summed E-state index contributed by atoms with van der Waals surface area (Å²) in [6.07, 6.45) is 3.43. The zero-order valence-electron chi connectivity index (χ0n) is 12.2. The van der Waals surface area contributed by atoms with Gasteiger partial charge in [0, 0.05) is 23.7 Å². The molecule has 1 unspecified atom stereocenters. The summed E-state index contributed by atoms with van der Waals surface area (Å²) in [6.45, 7) is 5.29. The quantitative estimate of drug-likeness (QED) is 0.928. The molecule has 1 aromatic heterocycles. The van der Waals surface area contributed by atoms with Gasteiger partial charge in [-0.05, 0) is 45.4 Å². The van der Waals surface area contributed by atoms with Crippen molar-refractivity contribution in [2.24, 2.45) is 0 Å². The third-order valence-electron chi connectivity index (χ3n) is 3.81. The molecule has 0 radical (unpaired) electrons. The maximum absolute atomic E-state index is 4.76. The molecule has 1 saturated heterocycles. The standard InChI is InChI=1S/C17H21N3/c1-12-5-3-6-14(9-12)16-10-13(2)19-17(20-16)11-15-7-4-8-18-15/h3,5-6,9-10,15,18H,4,7-8,11H2,1-2H3. The Labute approximate surface area is 120 Å². The zero-order valence-corrected chi connectivity index (χ0v) is 12.2. The van der Waals surface area contributed by atoms with Crippen LogP contribution in [0.3, 0.4) is 0 Å². The molecule has 2 heterocycles. The molecule has 20 heavy (non-hydrogen) atoms. The van der Waals surface area contributed by atoms with E-state index < -0.39 is 0 Å². The minimum Gasteiger partial charge on any atom is -0.314 e. The lowest BCUT2D eigenvalue weighted by atomic mass is 10.1. The predicted octanol–water partition coefficient (Wildman–Crippen LogP) is 3.05. The first-order valence-corrected chi connectivity index (χ1v) is 7.36. The maximum atomic E-state index is 4.76. The van der Waals surface area contributed by atoms with Gasteiger partial charge in [0.05, 0.1) is 5.69 Å². The second kappa shape index (κ2) is 5.71. The molecule has 1 aliphatic rings. The van der Waals surface area contributed by atoms with Crippen LogP contribution < -0.4 is 5.32 Å². The number of hydrogen-bond acceptors (Lipinski definition) is 3. The molecule has 1 aromatic carbocycles. The molecule has 0 bridgehead atoms. The fourth-order valence-corrected chi connectivity index (χ4v) is 2.82. The first kappa shape index (κ1) is 13.3. The van der Waals surface area contributed by atoms with Crippen LogP contribution >= 0.6 is 0 Å². The molecule has 3 heteroatoms. The van der Waals surface area contributed by atoms with Crippen LogP contribution in [-0.2, 0) is 6.42 Å². The fraction of sp³-hybridized carbons (Fsp3) is 0.412. The topological polar surface area (TPSA) is 37.8 Å². The van der Waals surface area contributed by atoms with Crippen molar-refractivity contribution in [1.29, 1.82) is 0 Å². The van der Waals surface area contributed by atoms with Crippen molar-refractivity contribution >= 4 is 0 Å². The lowest BCUT2D eigenvalue weighted by Crippen LogP contribution is -2.24. The van der Waals surface area contributed by atoms with Crippen LogP contribution in [-0.4, -0.2) is 22.6 Å². The Hall–Kier alpha value is -1.74. The van der Waals surface area contributed by atoms with Crippen LogP contribution in [0.4, 0.5) is 0 Å². The van der Waals surface area contributed by atoms with Crippen molar-refractivity contribution in [3.05, 3.63) is 47.4 Å². The van der Waals surface area contributed by atoms with Crippen molar-refractivity contribution in [2.75, 3.05) is 6.54 Å². The highest BCUT2D eigenvalue weighted by molar-refractivity contribution is 5.60. The summed E-state index contributed by atoms with van der Waals surface area (Å²) in [5.74, 6) is 0.959. The van der Waals surface area contributed by atoms with E-state index in [2.05, 4.69) is 47.6 Å². The van der Waals surface area contributed by atoms with Gasteiger partial charge in [0.2, 0.25) is 0 Å². The maximum Gasteiger partial charge on any atom is 0.130 e. The first-order chi connectivity index (χ1) is 9.70. The smallest absolute Gasteiger partial charge is 0.130 e. The Bertz CT molecular complexity index is 601. The average molecular weight is 267 g/mol. The van der Waals surface area contributed by atoms with E-state index in [1.54, 1.807) is 0 Å². The van der Waals surface area contributed by atoms with Crippen LogP contribution in [0.5, 0.6) is 0 Å². The van der Waals surface area contributed by atoms with Crippen molar-refractivity contribution < 1.29 is 0 Å². The predicted molar refractivity (Wildman–Crippen MR) is 81.7 cm³/mol. The van der Waals surface area contributed by atoms with Crippen LogP contribution in [0, 0.1) is 13.8 Å². The highest BCUT2D eigenvalue weighted by Crippen LogP contribution is 2.20. The van der Waals surface area contributed by atoms with Gasteiger partial charge >= 0.3 is 0 Å². The lowest BCUT2D eigenvalue weighted by molar-refractivity contribution is 0.584. The average Bonchev–Trinajstić information content (AvgIpc) is 2.91. The number of aryl methyl sites for hydroxylation is 2. The van der Waals surface area contributed by atoms with Gasteiger partial charge in [0.1, 0.15) is 5.82 Å². The molecular formula is C17H21N3. The van der Waals surface area contributed by atoms with Crippen molar-refractivity contribution in [1.82, 2.24) is 15.3 Å². The Morgan fingerprint density at radius 2 is 2.10 bits per heavy atom. The van der Waals surface area contributed by atoms with Gasteiger partial charge in [-0.25, -0.2) is 9.97 Å². The van der Waals surface area contributed by atoms with Gasteiger partial charge in [-0.2, -0.15) is 0 Å². The monoisotopic (exact) mass is 267 g/mol. The van der Waals surface area contributed by atoms with E-state index in [-0.39, 0.29) is 0 Å². The van der Waals surface area contributed by atoms with Crippen molar-refractivity contribution in [3.8, 4) is 11.3 Å². The molecule has 104 valence electrons. The number of rotatable bonds is 3. The number of nitrogens with zero attached hydrogens (tertiary/aromatic N) is 2. The Balaban J connectivity index is 1.89. The Kier molecular flexibility index (Phi) is 3.79. The molecule has 3 rings (SSSR count). The van der Waals surface area contributed by atoms with Gasteiger partial charge < -0.3 is 5.32 Å². The molecule has 3 nitrogen and oxygen atoms in total. The molecule has 0 spiro atoms. The highest BCUT2D eigenvalue weighted by atomic mass is 15.0. The summed E-state index contributed by atoms with van der Waals surface area (Å²) in [4.78, 5) is 9.35. The fourth-order valence-electron chi connectivity index (χ4n) is 2.82. The second-order valence-corrected chi connectivity index (χ2v) is 5.68. The number of nitrogens with one attached hydrogen (secondary N) is 1. The van der Waals surface area contributed by atoms with Gasteiger partial charge in [-0.1, -0.05) is 23.8 Å². The van der Waals surface area contributed by atoms with Crippen LogP contribution in [0.25, 0.3) is 11.3 Å². The molecule has 0 saturated carbocycles. The van der Waals surface area contributed by atoms with E-state index in [9.17, 15) is 0 Å². The molecule has 1 atom stereocenters. The SMILES string of the molecule is Cc1cccc(-c2cc(C)nc(CC3CCCN3)n2)c1. The summed E-state index contributed by atoms with van der Waals surface area (Å²) in [5.41, 5.74) is 4.52. The van der Waals surface area contributed by atoms with E-state index in [1.807, 2.05) is 6.92 Å². The Morgan fingerprint density at radius 1 is 1.20 bits per heavy atom. The third-order valence-corrected chi connectivity index (χ3v) is 3.81. The van der Waals surface area contributed by atoms with Crippen LogP contribution in [0.2, 0.25) is 0 Å². The number of benzene rings is 1. The van der Waals surface area contributed by atoms with Gasteiger partial charge in [0.15, 0.2) is 0 Å². The third kappa shape index (κ3) is 3.05. The summed E-state index contributed by atoms with van der Waals surface area (Å²) >= 11 is 0. The summed E-state index contributed by atoms with van der Waals surface area (Å²) in [7, 11) is 0. The van der Waals surface area contributed by atoms with Crippen LogP contribution in [0.15, 0.2) is 30.3 Å². The molecule has 0 aliphatic carbocycles. The largest absolute Gasteiger partial charge is 0.314 e.